The molecule has 2 aliphatic carbocycles. The molecule has 0 saturated heterocycles. The van der Waals surface area contributed by atoms with Gasteiger partial charge in [0.05, 0.1) is 11.8 Å². The lowest BCUT2D eigenvalue weighted by molar-refractivity contribution is -0.152. The highest BCUT2D eigenvalue weighted by Crippen LogP contribution is 2.33. The highest BCUT2D eigenvalue weighted by molar-refractivity contribution is 5.85. The van der Waals surface area contributed by atoms with Crippen LogP contribution in [-0.2, 0) is 9.59 Å². The summed E-state index contributed by atoms with van der Waals surface area (Å²) in [5, 5.41) is 9.23. The van der Waals surface area contributed by atoms with Crippen LogP contribution in [0.2, 0.25) is 0 Å². The molecular formula is C14H23NO3. The molecule has 4 heteroatoms. The van der Waals surface area contributed by atoms with Gasteiger partial charge in [0.25, 0.3) is 0 Å². The second-order valence-electron chi connectivity index (χ2n) is 5.72. The van der Waals surface area contributed by atoms with E-state index in [0.29, 0.717) is 12.5 Å². The van der Waals surface area contributed by atoms with Gasteiger partial charge in [0.15, 0.2) is 0 Å². The Bertz CT molecular complexity index is 323. The van der Waals surface area contributed by atoms with Crippen LogP contribution in [0.3, 0.4) is 0 Å². The fourth-order valence-corrected chi connectivity index (χ4v) is 3.46. The maximum absolute atomic E-state index is 12.5. The van der Waals surface area contributed by atoms with Gasteiger partial charge in [-0.15, -0.1) is 0 Å². The van der Waals surface area contributed by atoms with Gasteiger partial charge in [-0.3, -0.25) is 9.59 Å². The van der Waals surface area contributed by atoms with Crippen molar-refractivity contribution in [3.8, 4) is 0 Å². The summed E-state index contributed by atoms with van der Waals surface area (Å²) in [5.41, 5.74) is 0. The van der Waals surface area contributed by atoms with Crippen LogP contribution in [0.5, 0.6) is 0 Å². The standard InChI is InChI=1S/C14H23NO3/c1-15(10-6-2-3-7-10)13(16)11-8-4-5-9-12(11)14(17)18/h10-12H,2-9H2,1H3,(H,17,18)/t11-,12+/m1/s1. The number of hydrogen-bond donors (Lipinski definition) is 1. The number of carboxylic acid groups (broad SMARTS) is 1. The summed E-state index contributed by atoms with van der Waals surface area (Å²) in [4.78, 5) is 25.5. The molecule has 0 spiro atoms. The zero-order valence-corrected chi connectivity index (χ0v) is 11.1. The Balaban J connectivity index is 2.03. The lowest BCUT2D eigenvalue weighted by atomic mass is 9.78. The molecule has 0 aromatic rings. The summed E-state index contributed by atoms with van der Waals surface area (Å²) in [7, 11) is 1.85. The zero-order chi connectivity index (χ0) is 13.1. The third-order valence-electron chi connectivity index (χ3n) is 4.62. The van der Waals surface area contributed by atoms with Gasteiger partial charge in [0.2, 0.25) is 5.91 Å². The highest BCUT2D eigenvalue weighted by atomic mass is 16.4. The van der Waals surface area contributed by atoms with Crippen LogP contribution in [0, 0.1) is 11.8 Å². The Kier molecular flexibility index (Phi) is 4.25. The van der Waals surface area contributed by atoms with Crippen molar-refractivity contribution in [2.24, 2.45) is 11.8 Å². The monoisotopic (exact) mass is 253 g/mol. The van der Waals surface area contributed by atoms with Crippen molar-refractivity contribution in [2.45, 2.75) is 57.4 Å². The number of nitrogens with zero attached hydrogens (tertiary/aromatic N) is 1. The van der Waals surface area contributed by atoms with E-state index in [2.05, 4.69) is 0 Å². The average Bonchev–Trinajstić information content (AvgIpc) is 2.90. The molecule has 2 rings (SSSR count). The first kappa shape index (κ1) is 13.4. The minimum atomic E-state index is -0.798. The summed E-state index contributed by atoms with van der Waals surface area (Å²) in [5.74, 6) is -1.49. The second-order valence-corrected chi connectivity index (χ2v) is 5.72. The predicted molar refractivity (Wildman–Crippen MR) is 68.1 cm³/mol. The molecule has 18 heavy (non-hydrogen) atoms. The van der Waals surface area contributed by atoms with Gasteiger partial charge in [0, 0.05) is 13.1 Å². The molecule has 2 fully saturated rings. The fraction of sp³-hybridized carbons (Fsp3) is 0.857. The third-order valence-corrected chi connectivity index (χ3v) is 4.62. The number of carboxylic acids is 1. The number of carbonyl (C=O) groups is 2. The van der Waals surface area contributed by atoms with Gasteiger partial charge < -0.3 is 10.0 Å². The van der Waals surface area contributed by atoms with Crippen LogP contribution in [-0.4, -0.2) is 35.0 Å². The van der Waals surface area contributed by atoms with Crippen LogP contribution >= 0.6 is 0 Å². The Hall–Kier alpha value is -1.06. The maximum atomic E-state index is 12.5. The minimum absolute atomic E-state index is 0.0639. The predicted octanol–water partition coefficient (Wildman–Crippen LogP) is 2.28. The lowest BCUT2D eigenvalue weighted by Crippen LogP contribution is -2.44. The van der Waals surface area contributed by atoms with Gasteiger partial charge in [-0.05, 0) is 25.7 Å². The van der Waals surface area contributed by atoms with E-state index in [0.717, 1.165) is 32.1 Å². The molecule has 0 radical (unpaired) electrons. The summed E-state index contributed by atoms with van der Waals surface area (Å²) in [6.45, 7) is 0. The van der Waals surface area contributed by atoms with E-state index in [1.54, 1.807) is 0 Å². The van der Waals surface area contributed by atoms with Crippen LogP contribution < -0.4 is 0 Å². The number of carbonyl (C=O) groups excluding carboxylic acids is 1. The largest absolute Gasteiger partial charge is 0.481 e. The molecular weight excluding hydrogens is 230 g/mol. The minimum Gasteiger partial charge on any atom is -0.481 e. The molecule has 2 saturated carbocycles. The van der Waals surface area contributed by atoms with Gasteiger partial charge in [-0.25, -0.2) is 0 Å². The average molecular weight is 253 g/mol. The molecule has 4 nitrogen and oxygen atoms in total. The Morgan fingerprint density at radius 3 is 2.00 bits per heavy atom. The van der Waals surface area contributed by atoms with Crippen LogP contribution in [0.25, 0.3) is 0 Å². The number of hydrogen-bond acceptors (Lipinski definition) is 2. The first-order valence-corrected chi connectivity index (χ1v) is 7.10. The topological polar surface area (TPSA) is 57.6 Å². The molecule has 102 valence electrons. The van der Waals surface area contributed by atoms with E-state index in [-0.39, 0.29) is 11.8 Å². The summed E-state index contributed by atoms with van der Waals surface area (Å²) in [6, 6.07) is 0.342. The van der Waals surface area contributed by atoms with Crippen molar-refractivity contribution in [1.82, 2.24) is 4.90 Å². The van der Waals surface area contributed by atoms with Crippen molar-refractivity contribution in [3.63, 3.8) is 0 Å². The first-order chi connectivity index (χ1) is 8.61. The van der Waals surface area contributed by atoms with Crippen molar-refractivity contribution in [1.29, 1.82) is 0 Å². The van der Waals surface area contributed by atoms with E-state index in [1.165, 1.54) is 12.8 Å². The summed E-state index contributed by atoms with van der Waals surface area (Å²) in [6.07, 6.45) is 7.85. The molecule has 0 bridgehead atoms. The van der Waals surface area contributed by atoms with Gasteiger partial charge in [-0.1, -0.05) is 25.7 Å². The molecule has 0 aromatic heterocycles. The normalized spacial score (nSPS) is 29.2. The van der Waals surface area contributed by atoms with E-state index < -0.39 is 11.9 Å². The van der Waals surface area contributed by atoms with E-state index in [1.807, 2.05) is 11.9 Å². The number of rotatable bonds is 3. The fourth-order valence-electron chi connectivity index (χ4n) is 3.46. The highest BCUT2D eigenvalue weighted by Gasteiger charge is 2.38. The molecule has 0 aliphatic heterocycles. The van der Waals surface area contributed by atoms with Crippen LogP contribution in [0.15, 0.2) is 0 Å². The Morgan fingerprint density at radius 2 is 1.44 bits per heavy atom. The number of amides is 1. The molecule has 2 atom stereocenters. The maximum Gasteiger partial charge on any atom is 0.307 e. The van der Waals surface area contributed by atoms with Gasteiger partial charge in [-0.2, -0.15) is 0 Å². The van der Waals surface area contributed by atoms with E-state index in [9.17, 15) is 14.7 Å². The van der Waals surface area contributed by atoms with Crippen LogP contribution in [0.1, 0.15) is 51.4 Å². The molecule has 2 aliphatic rings. The van der Waals surface area contributed by atoms with Gasteiger partial charge >= 0.3 is 5.97 Å². The summed E-state index contributed by atoms with van der Waals surface area (Å²) >= 11 is 0. The van der Waals surface area contributed by atoms with Gasteiger partial charge in [0.1, 0.15) is 0 Å². The Morgan fingerprint density at radius 1 is 0.944 bits per heavy atom. The molecule has 0 unspecified atom stereocenters. The lowest BCUT2D eigenvalue weighted by Gasteiger charge is -2.33. The summed E-state index contributed by atoms with van der Waals surface area (Å²) < 4.78 is 0. The quantitative estimate of drug-likeness (QED) is 0.839. The SMILES string of the molecule is CN(C(=O)[C@@H]1CCCC[C@@H]1C(=O)O)C1CCCC1. The van der Waals surface area contributed by atoms with Crippen molar-refractivity contribution < 1.29 is 14.7 Å². The van der Waals surface area contributed by atoms with E-state index in [4.69, 9.17) is 0 Å². The van der Waals surface area contributed by atoms with Crippen molar-refractivity contribution in [2.75, 3.05) is 7.05 Å². The smallest absolute Gasteiger partial charge is 0.307 e. The molecule has 0 aromatic carbocycles. The third kappa shape index (κ3) is 2.68. The number of aliphatic carboxylic acids is 1. The van der Waals surface area contributed by atoms with Crippen LogP contribution in [0.4, 0.5) is 0 Å². The molecule has 0 heterocycles. The Labute approximate surface area is 108 Å². The molecule has 1 N–H and O–H groups in total. The van der Waals surface area contributed by atoms with Crippen molar-refractivity contribution >= 4 is 11.9 Å². The van der Waals surface area contributed by atoms with Crippen molar-refractivity contribution in [3.05, 3.63) is 0 Å². The first-order valence-electron chi connectivity index (χ1n) is 7.10. The van der Waals surface area contributed by atoms with E-state index >= 15 is 0 Å². The molecule has 1 amide bonds. The second kappa shape index (κ2) is 5.72. The zero-order valence-electron chi connectivity index (χ0n) is 11.1.